The monoisotopic (exact) mass is 275 g/mol. The number of aromatic amines is 1. The molecule has 0 unspecified atom stereocenters. The molecule has 4 heteroatoms. The van der Waals surface area contributed by atoms with Crippen molar-refractivity contribution in [3.05, 3.63) is 54.1 Å². The van der Waals surface area contributed by atoms with Crippen LogP contribution >= 0.6 is 11.3 Å². The maximum atomic E-state index is 9.03. The second-order valence-corrected chi connectivity index (χ2v) is 5.68. The van der Waals surface area contributed by atoms with Crippen molar-refractivity contribution in [1.29, 1.82) is 5.26 Å². The van der Waals surface area contributed by atoms with E-state index in [0.29, 0.717) is 5.56 Å². The van der Waals surface area contributed by atoms with Crippen LogP contribution in [-0.4, -0.2) is 10.2 Å². The Hall–Kier alpha value is -2.64. The number of hydrogen-bond acceptors (Lipinski definition) is 3. The highest BCUT2D eigenvalue weighted by Gasteiger charge is 2.11. The molecule has 0 saturated carbocycles. The molecule has 0 saturated heterocycles. The van der Waals surface area contributed by atoms with Gasteiger partial charge in [0.15, 0.2) is 0 Å². The minimum absolute atomic E-state index is 0.654. The van der Waals surface area contributed by atoms with Crippen LogP contribution in [0.3, 0.4) is 0 Å². The van der Waals surface area contributed by atoms with Crippen LogP contribution < -0.4 is 0 Å². The molecule has 2 aromatic heterocycles. The largest absolute Gasteiger partial charge is 0.277 e. The fraction of sp³-hybridized carbons (Fsp3) is 0. The first kappa shape index (κ1) is 11.2. The second-order valence-electron chi connectivity index (χ2n) is 4.59. The zero-order chi connectivity index (χ0) is 13.5. The van der Waals surface area contributed by atoms with Gasteiger partial charge in [0.1, 0.15) is 5.69 Å². The maximum Gasteiger partial charge on any atom is 0.110 e. The third-order valence-corrected chi connectivity index (χ3v) is 4.47. The van der Waals surface area contributed by atoms with E-state index in [1.54, 1.807) is 17.4 Å². The van der Waals surface area contributed by atoms with Crippen LogP contribution in [-0.2, 0) is 0 Å². The number of rotatable bonds is 1. The Labute approximate surface area is 119 Å². The highest BCUT2D eigenvalue weighted by atomic mass is 32.1. The summed E-state index contributed by atoms with van der Waals surface area (Å²) in [5.41, 5.74) is 2.52. The molecule has 4 rings (SSSR count). The number of benzene rings is 2. The van der Waals surface area contributed by atoms with Crippen LogP contribution in [0.4, 0.5) is 0 Å². The van der Waals surface area contributed by atoms with E-state index in [0.717, 1.165) is 21.5 Å². The van der Waals surface area contributed by atoms with E-state index in [2.05, 4.69) is 34.5 Å². The lowest BCUT2D eigenvalue weighted by Crippen LogP contribution is -1.75. The van der Waals surface area contributed by atoms with Crippen molar-refractivity contribution >= 4 is 32.3 Å². The molecule has 1 N–H and O–H groups in total. The van der Waals surface area contributed by atoms with E-state index >= 15 is 0 Å². The molecule has 0 fully saturated rings. The van der Waals surface area contributed by atoms with Crippen LogP contribution in [0.25, 0.3) is 31.6 Å². The number of hydrogen-bond donors (Lipinski definition) is 1. The summed E-state index contributed by atoms with van der Waals surface area (Å²) in [5, 5.41) is 18.7. The quantitative estimate of drug-likeness (QED) is 0.562. The van der Waals surface area contributed by atoms with Crippen LogP contribution in [0, 0.1) is 11.3 Å². The molecule has 2 heterocycles. The minimum atomic E-state index is 0.654. The molecule has 2 aromatic carbocycles. The Morgan fingerprint density at radius 2 is 2.00 bits per heavy atom. The number of H-pyrrole nitrogens is 1. The van der Waals surface area contributed by atoms with Crippen molar-refractivity contribution in [2.24, 2.45) is 0 Å². The zero-order valence-corrected chi connectivity index (χ0v) is 11.2. The highest BCUT2D eigenvalue weighted by Crippen LogP contribution is 2.35. The summed E-state index contributed by atoms with van der Waals surface area (Å²) < 4.78 is 1.25. The predicted molar refractivity (Wildman–Crippen MR) is 81.6 cm³/mol. The van der Waals surface area contributed by atoms with Gasteiger partial charge in [0.2, 0.25) is 0 Å². The standard InChI is InChI=1S/C16H9N3S/c17-9-10-5-6-13-12(7-10)16(19-18-13)15-8-11-3-1-2-4-14(11)20-15/h1-8H,(H,18,19). The molecule has 20 heavy (non-hydrogen) atoms. The summed E-state index contributed by atoms with van der Waals surface area (Å²) in [6, 6.07) is 18.2. The molecule has 0 aliphatic rings. The van der Waals surface area contributed by atoms with Gasteiger partial charge in [-0.25, -0.2) is 0 Å². The molecular weight excluding hydrogens is 266 g/mol. The molecule has 0 amide bonds. The molecule has 0 aliphatic heterocycles. The normalized spacial score (nSPS) is 10.9. The van der Waals surface area contributed by atoms with Gasteiger partial charge in [-0.15, -0.1) is 11.3 Å². The Kier molecular flexibility index (Phi) is 2.35. The van der Waals surface area contributed by atoms with E-state index in [1.165, 1.54) is 10.1 Å². The summed E-state index contributed by atoms with van der Waals surface area (Å²) in [4.78, 5) is 1.12. The summed E-state index contributed by atoms with van der Waals surface area (Å²) in [6.45, 7) is 0. The van der Waals surface area contributed by atoms with Gasteiger partial charge in [0, 0.05) is 10.1 Å². The Balaban J connectivity index is 1.99. The highest BCUT2D eigenvalue weighted by molar-refractivity contribution is 7.22. The molecule has 0 spiro atoms. The Bertz CT molecular complexity index is 939. The molecule has 3 nitrogen and oxygen atoms in total. The topological polar surface area (TPSA) is 52.5 Å². The summed E-state index contributed by atoms with van der Waals surface area (Å²) in [5.74, 6) is 0. The van der Waals surface area contributed by atoms with E-state index in [9.17, 15) is 0 Å². The smallest absolute Gasteiger partial charge is 0.110 e. The van der Waals surface area contributed by atoms with Crippen molar-refractivity contribution in [2.45, 2.75) is 0 Å². The molecule has 4 aromatic rings. The molecule has 0 radical (unpaired) electrons. The molecule has 0 aliphatic carbocycles. The first-order valence-corrected chi connectivity index (χ1v) is 7.04. The number of fused-ring (bicyclic) bond motifs is 2. The number of nitriles is 1. The van der Waals surface area contributed by atoms with Gasteiger partial charge in [-0.2, -0.15) is 10.4 Å². The van der Waals surface area contributed by atoms with Crippen LogP contribution in [0.5, 0.6) is 0 Å². The SMILES string of the molecule is N#Cc1ccc2[nH]nc(-c3cc4ccccc4s3)c2c1. The first-order chi connectivity index (χ1) is 9.85. The summed E-state index contributed by atoms with van der Waals surface area (Å²) in [7, 11) is 0. The molecule has 0 bridgehead atoms. The van der Waals surface area contributed by atoms with Crippen molar-refractivity contribution in [1.82, 2.24) is 10.2 Å². The maximum absolute atomic E-state index is 9.03. The van der Waals surface area contributed by atoms with Crippen LogP contribution in [0.2, 0.25) is 0 Å². The third-order valence-electron chi connectivity index (χ3n) is 3.35. The Morgan fingerprint density at radius 1 is 1.10 bits per heavy atom. The number of nitrogens with zero attached hydrogens (tertiary/aromatic N) is 2. The summed E-state index contributed by atoms with van der Waals surface area (Å²) >= 11 is 1.72. The second kappa shape index (κ2) is 4.19. The lowest BCUT2D eigenvalue weighted by molar-refractivity contribution is 1.13. The fourth-order valence-electron chi connectivity index (χ4n) is 2.37. The number of thiophene rings is 1. The van der Waals surface area contributed by atoms with Gasteiger partial charge in [0.25, 0.3) is 0 Å². The average Bonchev–Trinajstić information content (AvgIpc) is 3.09. The van der Waals surface area contributed by atoms with Gasteiger partial charge >= 0.3 is 0 Å². The van der Waals surface area contributed by atoms with Crippen molar-refractivity contribution in [3.8, 4) is 16.6 Å². The van der Waals surface area contributed by atoms with Crippen molar-refractivity contribution < 1.29 is 0 Å². The molecule has 94 valence electrons. The van der Waals surface area contributed by atoms with Gasteiger partial charge in [-0.05, 0) is 35.7 Å². The molecule has 0 atom stereocenters. The van der Waals surface area contributed by atoms with E-state index in [1.807, 2.05) is 24.3 Å². The fourth-order valence-corrected chi connectivity index (χ4v) is 3.44. The van der Waals surface area contributed by atoms with Gasteiger partial charge < -0.3 is 0 Å². The third kappa shape index (κ3) is 1.61. The number of aromatic nitrogens is 2. The van der Waals surface area contributed by atoms with Crippen molar-refractivity contribution in [3.63, 3.8) is 0 Å². The van der Waals surface area contributed by atoms with Crippen LogP contribution in [0.15, 0.2) is 48.5 Å². The average molecular weight is 275 g/mol. The Morgan fingerprint density at radius 3 is 2.85 bits per heavy atom. The minimum Gasteiger partial charge on any atom is -0.277 e. The van der Waals surface area contributed by atoms with Gasteiger partial charge in [-0.1, -0.05) is 18.2 Å². The van der Waals surface area contributed by atoms with E-state index < -0.39 is 0 Å². The van der Waals surface area contributed by atoms with E-state index in [4.69, 9.17) is 5.26 Å². The lowest BCUT2D eigenvalue weighted by atomic mass is 10.1. The summed E-state index contributed by atoms with van der Waals surface area (Å²) in [6.07, 6.45) is 0. The van der Waals surface area contributed by atoms with Gasteiger partial charge in [0.05, 0.1) is 22.0 Å². The van der Waals surface area contributed by atoms with Gasteiger partial charge in [-0.3, -0.25) is 5.10 Å². The zero-order valence-electron chi connectivity index (χ0n) is 10.4. The number of nitrogens with one attached hydrogen (secondary N) is 1. The predicted octanol–water partition coefficient (Wildman–Crippen LogP) is 4.32. The van der Waals surface area contributed by atoms with Crippen molar-refractivity contribution in [2.75, 3.05) is 0 Å². The first-order valence-electron chi connectivity index (χ1n) is 6.22. The lowest BCUT2D eigenvalue weighted by Gasteiger charge is -1.93. The van der Waals surface area contributed by atoms with Crippen LogP contribution in [0.1, 0.15) is 5.56 Å². The molecular formula is C16H9N3S. The van der Waals surface area contributed by atoms with E-state index in [-0.39, 0.29) is 0 Å².